The molecule has 1 saturated carbocycles. The number of carboxylic acid groups (broad SMARTS) is 1. The van der Waals surface area contributed by atoms with Crippen LogP contribution in [0.4, 0.5) is 5.82 Å². The second-order valence-corrected chi connectivity index (χ2v) is 5.31. The third-order valence-corrected chi connectivity index (χ3v) is 3.83. The van der Waals surface area contributed by atoms with E-state index in [2.05, 4.69) is 22.2 Å². The van der Waals surface area contributed by atoms with Crippen LogP contribution in [0, 0.1) is 5.92 Å². The van der Waals surface area contributed by atoms with Crippen molar-refractivity contribution in [2.24, 2.45) is 11.7 Å². The van der Waals surface area contributed by atoms with E-state index < -0.39 is 17.4 Å². The molecule has 4 N–H and O–H groups in total. The van der Waals surface area contributed by atoms with Crippen molar-refractivity contribution in [1.82, 2.24) is 9.97 Å². The Kier molecular flexibility index (Phi) is 3.87. The topological polar surface area (TPSA) is 118 Å². The van der Waals surface area contributed by atoms with Crippen molar-refractivity contribution in [2.75, 3.05) is 5.32 Å². The van der Waals surface area contributed by atoms with Crippen LogP contribution >= 0.6 is 0 Å². The van der Waals surface area contributed by atoms with E-state index in [0.717, 1.165) is 12.8 Å². The maximum Gasteiger partial charge on any atom is 0.329 e. The quantitative estimate of drug-likeness (QED) is 0.756. The van der Waals surface area contributed by atoms with E-state index in [1.807, 2.05) is 0 Å². The first-order valence-corrected chi connectivity index (χ1v) is 6.57. The Morgan fingerprint density at radius 2 is 1.95 bits per heavy atom. The Morgan fingerprint density at radius 3 is 2.50 bits per heavy atom. The van der Waals surface area contributed by atoms with Crippen molar-refractivity contribution in [1.29, 1.82) is 0 Å². The van der Waals surface area contributed by atoms with Gasteiger partial charge in [0.1, 0.15) is 5.54 Å². The van der Waals surface area contributed by atoms with E-state index >= 15 is 0 Å². The summed E-state index contributed by atoms with van der Waals surface area (Å²) in [5.74, 6) is -1.03. The summed E-state index contributed by atoms with van der Waals surface area (Å²) in [6.45, 7) is 2.10. The van der Waals surface area contributed by atoms with E-state index in [9.17, 15) is 14.7 Å². The highest BCUT2D eigenvalue weighted by Crippen LogP contribution is 2.34. The second-order valence-electron chi connectivity index (χ2n) is 5.31. The number of anilines is 1. The summed E-state index contributed by atoms with van der Waals surface area (Å²) < 4.78 is 0. The zero-order chi connectivity index (χ0) is 14.8. The van der Waals surface area contributed by atoms with Gasteiger partial charge in [-0.1, -0.05) is 6.92 Å². The lowest BCUT2D eigenvalue weighted by atomic mass is 9.77. The average molecular weight is 278 g/mol. The van der Waals surface area contributed by atoms with Crippen LogP contribution in [0.3, 0.4) is 0 Å². The second kappa shape index (κ2) is 5.44. The van der Waals surface area contributed by atoms with Crippen LogP contribution in [0.25, 0.3) is 0 Å². The van der Waals surface area contributed by atoms with Gasteiger partial charge >= 0.3 is 5.97 Å². The molecule has 1 heterocycles. The normalized spacial score (nSPS) is 25.9. The Hall–Kier alpha value is -2.18. The number of carbonyl (C=O) groups excluding carboxylic acids is 1. The minimum absolute atomic E-state index is 0.0354. The smallest absolute Gasteiger partial charge is 0.329 e. The predicted octanol–water partition coefficient (Wildman–Crippen LogP) is 1.02. The van der Waals surface area contributed by atoms with Gasteiger partial charge < -0.3 is 16.2 Å². The van der Waals surface area contributed by atoms with Crippen molar-refractivity contribution in [3.05, 3.63) is 18.1 Å². The lowest BCUT2D eigenvalue weighted by Crippen LogP contribution is -2.49. The number of aromatic nitrogens is 2. The van der Waals surface area contributed by atoms with Gasteiger partial charge in [0, 0.05) is 12.4 Å². The molecule has 0 spiro atoms. The zero-order valence-electron chi connectivity index (χ0n) is 11.3. The fraction of sp³-hybridized carbons (Fsp3) is 0.538. The average Bonchev–Trinajstić information content (AvgIpc) is 2.41. The third-order valence-electron chi connectivity index (χ3n) is 3.83. The van der Waals surface area contributed by atoms with Crippen molar-refractivity contribution >= 4 is 17.7 Å². The van der Waals surface area contributed by atoms with Crippen LogP contribution in [0.1, 0.15) is 43.1 Å². The Balaban J connectivity index is 2.30. The van der Waals surface area contributed by atoms with Crippen molar-refractivity contribution < 1.29 is 14.7 Å². The third kappa shape index (κ3) is 2.71. The summed E-state index contributed by atoms with van der Waals surface area (Å²) in [6.07, 6.45) is 5.34. The number of nitrogens with zero attached hydrogens (tertiary/aromatic N) is 2. The molecule has 1 aromatic heterocycles. The lowest BCUT2D eigenvalue weighted by molar-refractivity contribution is -0.143. The predicted molar refractivity (Wildman–Crippen MR) is 72.2 cm³/mol. The first-order chi connectivity index (χ1) is 9.44. The van der Waals surface area contributed by atoms with Gasteiger partial charge in [0.25, 0.3) is 5.91 Å². The molecule has 0 aliphatic heterocycles. The number of hydrogen-bond donors (Lipinski definition) is 3. The van der Waals surface area contributed by atoms with Crippen LogP contribution in [-0.4, -0.2) is 32.5 Å². The van der Waals surface area contributed by atoms with Gasteiger partial charge in [-0.2, -0.15) is 0 Å². The van der Waals surface area contributed by atoms with Crippen LogP contribution in [-0.2, 0) is 4.79 Å². The van der Waals surface area contributed by atoms with Gasteiger partial charge in [-0.3, -0.25) is 4.79 Å². The molecule has 0 saturated heterocycles. The fourth-order valence-electron chi connectivity index (χ4n) is 2.48. The molecule has 108 valence electrons. The molecule has 1 aromatic rings. The van der Waals surface area contributed by atoms with Crippen molar-refractivity contribution in [3.63, 3.8) is 0 Å². The maximum atomic E-state index is 11.6. The standard InChI is InChI=1S/C13H18N4O3/c1-8-2-4-13(5-3-8,12(19)20)17-11-9(10(14)18)15-6-7-16-11/h6-8H,2-5H2,1H3,(H2,14,18)(H,16,17)(H,19,20). The molecule has 0 bridgehead atoms. The Morgan fingerprint density at radius 1 is 1.35 bits per heavy atom. The maximum absolute atomic E-state index is 11.6. The Labute approximate surface area is 116 Å². The summed E-state index contributed by atoms with van der Waals surface area (Å²) in [5.41, 5.74) is 4.09. The number of carbonyl (C=O) groups is 2. The number of nitrogens with one attached hydrogen (secondary N) is 1. The van der Waals surface area contributed by atoms with Crippen LogP contribution in [0.2, 0.25) is 0 Å². The van der Waals surface area contributed by atoms with Crippen LogP contribution < -0.4 is 11.1 Å². The molecule has 1 fully saturated rings. The van der Waals surface area contributed by atoms with Gasteiger partial charge in [0.15, 0.2) is 11.5 Å². The van der Waals surface area contributed by atoms with Crippen LogP contribution in [0.15, 0.2) is 12.4 Å². The summed E-state index contributed by atoms with van der Waals surface area (Å²) in [4.78, 5) is 30.8. The molecule has 2 rings (SSSR count). The summed E-state index contributed by atoms with van der Waals surface area (Å²) in [6, 6.07) is 0. The number of rotatable bonds is 4. The molecule has 7 nitrogen and oxygen atoms in total. The molecule has 20 heavy (non-hydrogen) atoms. The van der Waals surface area contributed by atoms with E-state index in [1.54, 1.807) is 0 Å². The molecule has 1 amide bonds. The van der Waals surface area contributed by atoms with E-state index in [0.29, 0.717) is 18.8 Å². The monoisotopic (exact) mass is 278 g/mol. The number of aliphatic carboxylic acids is 1. The molecule has 0 atom stereocenters. The van der Waals surface area contributed by atoms with Crippen molar-refractivity contribution in [2.45, 2.75) is 38.1 Å². The number of nitrogens with two attached hydrogens (primary N) is 1. The highest BCUT2D eigenvalue weighted by atomic mass is 16.4. The highest BCUT2D eigenvalue weighted by Gasteiger charge is 2.42. The lowest BCUT2D eigenvalue weighted by Gasteiger charge is -2.36. The summed E-state index contributed by atoms with van der Waals surface area (Å²) >= 11 is 0. The van der Waals surface area contributed by atoms with Gasteiger partial charge in [-0.05, 0) is 31.6 Å². The SMILES string of the molecule is CC1CCC(Nc2nccnc2C(N)=O)(C(=O)O)CC1. The molecule has 0 aromatic carbocycles. The van der Waals surface area contributed by atoms with E-state index in [-0.39, 0.29) is 11.5 Å². The Bertz CT molecular complexity index is 524. The molecule has 0 radical (unpaired) electrons. The number of carboxylic acids is 1. The largest absolute Gasteiger partial charge is 0.480 e. The van der Waals surface area contributed by atoms with Gasteiger partial charge in [0.2, 0.25) is 0 Å². The molecule has 0 unspecified atom stereocenters. The van der Waals surface area contributed by atoms with Gasteiger partial charge in [0.05, 0.1) is 0 Å². The number of primary amides is 1. The highest BCUT2D eigenvalue weighted by molar-refractivity contribution is 5.96. The van der Waals surface area contributed by atoms with Crippen LogP contribution in [0.5, 0.6) is 0 Å². The number of amides is 1. The summed E-state index contributed by atoms with van der Waals surface area (Å²) in [7, 11) is 0. The summed E-state index contributed by atoms with van der Waals surface area (Å²) in [5, 5.41) is 12.4. The molecular formula is C13H18N4O3. The molecular weight excluding hydrogens is 260 g/mol. The number of hydrogen-bond acceptors (Lipinski definition) is 5. The minimum Gasteiger partial charge on any atom is -0.480 e. The molecule has 1 aliphatic carbocycles. The van der Waals surface area contributed by atoms with E-state index in [4.69, 9.17) is 5.73 Å². The van der Waals surface area contributed by atoms with Gasteiger partial charge in [-0.15, -0.1) is 0 Å². The fourth-order valence-corrected chi connectivity index (χ4v) is 2.48. The van der Waals surface area contributed by atoms with Gasteiger partial charge in [-0.25, -0.2) is 14.8 Å². The minimum atomic E-state index is -1.10. The zero-order valence-corrected chi connectivity index (χ0v) is 11.3. The molecule has 1 aliphatic rings. The first-order valence-electron chi connectivity index (χ1n) is 6.57. The molecule has 7 heteroatoms. The van der Waals surface area contributed by atoms with E-state index in [1.165, 1.54) is 12.4 Å². The first kappa shape index (κ1) is 14.2. The van der Waals surface area contributed by atoms with Crippen molar-refractivity contribution in [3.8, 4) is 0 Å².